The molecule has 0 aromatic carbocycles. The van der Waals surface area contributed by atoms with E-state index in [-0.39, 0.29) is 0 Å². The first kappa shape index (κ1) is 13.0. The summed E-state index contributed by atoms with van der Waals surface area (Å²) in [5, 5.41) is 3.39. The number of hydrogen-bond donors (Lipinski definition) is 1. The van der Waals surface area contributed by atoms with E-state index < -0.39 is 0 Å². The van der Waals surface area contributed by atoms with Crippen LogP contribution in [0.25, 0.3) is 0 Å². The molecule has 4 heteroatoms. The molecule has 0 spiro atoms. The van der Waals surface area contributed by atoms with Crippen LogP contribution in [0, 0.1) is 0 Å². The Labute approximate surface area is 105 Å². The van der Waals surface area contributed by atoms with Crippen molar-refractivity contribution in [1.29, 1.82) is 0 Å². The average Bonchev–Trinajstić information content (AvgIpc) is 2.89. The van der Waals surface area contributed by atoms with Gasteiger partial charge < -0.3 is 10.1 Å². The van der Waals surface area contributed by atoms with Crippen LogP contribution >= 0.6 is 0 Å². The monoisotopic (exact) mass is 239 g/mol. The molecule has 0 radical (unpaired) electrons. The largest absolute Gasteiger partial charge is 0.379 e. The van der Waals surface area contributed by atoms with Gasteiger partial charge in [-0.3, -0.25) is 9.80 Å². The highest BCUT2D eigenvalue weighted by atomic mass is 16.5. The fraction of sp³-hybridized carbons (Fsp3) is 0.846. The van der Waals surface area contributed by atoms with Gasteiger partial charge in [0, 0.05) is 45.4 Å². The zero-order chi connectivity index (χ0) is 12.1. The summed E-state index contributed by atoms with van der Waals surface area (Å²) in [6.45, 7) is 12.8. The van der Waals surface area contributed by atoms with Crippen LogP contribution in [0.15, 0.2) is 11.6 Å². The number of allylic oxidation sites excluding steroid dienone is 1. The van der Waals surface area contributed by atoms with Crippen molar-refractivity contribution in [3.8, 4) is 0 Å². The lowest BCUT2D eigenvalue weighted by atomic mass is 10.1. The fourth-order valence-corrected chi connectivity index (χ4v) is 2.61. The minimum absolute atomic E-state index is 0.546. The van der Waals surface area contributed by atoms with Crippen LogP contribution in [0.4, 0.5) is 0 Å². The van der Waals surface area contributed by atoms with E-state index >= 15 is 0 Å². The third-order valence-corrected chi connectivity index (χ3v) is 3.85. The first-order valence-corrected chi connectivity index (χ1v) is 6.71. The lowest BCUT2D eigenvalue weighted by Crippen LogP contribution is -2.44. The van der Waals surface area contributed by atoms with E-state index in [1.165, 1.54) is 12.1 Å². The van der Waals surface area contributed by atoms with Gasteiger partial charge in [-0.15, -0.1) is 0 Å². The van der Waals surface area contributed by atoms with Crippen molar-refractivity contribution < 1.29 is 4.74 Å². The van der Waals surface area contributed by atoms with Gasteiger partial charge in [0.15, 0.2) is 0 Å². The first-order chi connectivity index (χ1) is 8.31. The second kappa shape index (κ2) is 6.50. The lowest BCUT2D eigenvalue weighted by molar-refractivity contribution is 0.0257. The summed E-state index contributed by atoms with van der Waals surface area (Å²) >= 11 is 0. The van der Waals surface area contributed by atoms with Crippen molar-refractivity contribution in [2.45, 2.75) is 19.9 Å². The number of rotatable bonds is 4. The molecule has 2 aliphatic heterocycles. The molecule has 17 heavy (non-hydrogen) atoms. The van der Waals surface area contributed by atoms with E-state index in [0.29, 0.717) is 6.04 Å². The van der Waals surface area contributed by atoms with Gasteiger partial charge in [-0.1, -0.05) is 6.08 Å². The molecular formula is C13H25N3O. The first-order valence-electron chi connectivity index (χ1n) is 6.71. The smallest absolute Gasteiger partial charge is 0.0594 e. The number of nitrogens with zero attached hydrogens (tertiary/aromatic N) is 2. The molecule has 0 aliphatic carbocycles. The van der Waals surface area contributed by atoms with Gasteiger partial charge in [0.25, 0.3) is 0 Å². The molecule has 2 fully saturated rings. The predicted molar refractivity (Wildman–Crippen MR) is 70.1 cm³/mol. The Bertz CT molecular complexity index is 255. The van der Waals surface area contributed by atoms with Gasteiger partial charge in [0.05, 0.1) is 13.2 Å². The number of hydrogen-bond acceptors (Lipinski definition) is 4. The van der Waals surface area contributed by atoms with Crippen LogP contribution in [0.3, 0.4) is 0 Å². The Hall–Kier alpha value is -0.420. The zero-order valence-corrected chi connectivity index (χ0v) is 11.1. The van der Waals surface area contributed by atoms with E-state index in [1.54, 1.807) is 0 Å². The fourth-order valence-electron chi connectivity index (χ4n) is 2.61. The maximum Gasteiger partial charge on any atom is 0.0594 e. The summed E-state index contributed by atoms with van der Waals surface area (Å²) < 4.78 is 5.42. The number of ether oxygens (including phenoxy) is 1. The molecule has 0 aromatic heterocycles. The van der Waals surface area contributed by atoms with Crippen molar-refractivity contribution >= 4 is 0 Å². The van der Waals surface area contributed by atoms with Gasteiger partial charge in [-0.2, -0.15) is 0 Å². The van der Waals surface area contributed by atoms with Crippen molar-refractivity contribution in [1.82, 2.24) is 15.1 Å². The highest BCUT2D eigenvalue weighted by molar-refractivity contribution is 5.12. The van der Waals surface area contributed by atoms with Crippen LogP contribution in [0.2, 0.25) is 0 Å². The standard InChI is InChI=1S/C13H25N3O/c1-3-13(10-15-5-4-14-11-15)12(2)16-6-8-17-9-7-16/h3,12,14H,4-11H2,1-2H3. The highest BCUT2D eigenvalue weighted by Crippen LogP contribution is 2.14. The molecule has 1 atom stereocenters. The van der Waals surface area contributed by atoms with Crippen LogP contribution in [0.1, 0.15) is 13.8 Å². The molecule has 2 saturated heterocycles. The number of morpholine rings is 1. The minimum atomic E-state index is 0.546. The van der Waals surface area contributed by atoms with Crippen molar-refractivity contribution in [2.24, 2.45) is 0 Å². The topological polar surface area (TPSA) is 27.7 Å². The second-order valence-corrected chi connectivity index (χ2v) is 4.90. The van der Waals surface area contributed by atoms with Gasteiger partial charge >= 0.3 is 0 Å². The summed E-state index contributed by atoms with van der Waals surface area (Å²) in [5.74, 6) is 0. The summed E-state index contributed by atoms with van der Waals surface area (Å²) in [4.78, 5) is 5.01. The second-order valence-electron chi connectivity index (χ2n) is 4.90. The van der Waals surface area contributed by atoms with Crippen molar-refractivity contribution in [3.05, 3.63) is 11.6 Å². The third kappa shape index (κ3) is 3.52. The molecule has 1 N–H and O–H groups in total. The molecule has 2 heterocycles. The molecule has 0 amide bonds. The molecule has 0 bridgehead atoms. The Morgan fingerprint density at radius 1 is 1.35 bits per heavy atom. The van der Waals surface area contributed by atoms with E-state index in [2.05, 4.69) is 35.0 Å². The number of nitrogens with one attached hydrogen (secondary N) is 1. The Balaban J connectivity index is 1.87. The Morgan fingerprint density at radius 3 is 2.71 bits per heavy atom. The van der Waals surface area contributed by atoms with E-state index in [9.17, 15) is 0 Å². The van der Waals surface area contributed by atoms with Gasteiger partial charge in [-0.05, 0) is 19.4 Å². The Kier molecular flexibility index (Phi) is 4.98. The zero-order valence-electron chi connectivity index (χ0n) is 11.1. The summed E-state index contributed by atoms with van der Waals surface area (Å²) in [7, 11) is 0. The molecule has 4 nitrogen and oxygen atoms in total. The van der Waals surface area contributed by atoms with Crippen LogP contribution in [0.5, 0.6) is 0 Å². The van der Waals surface area contributed by atoms with Gasteiger partial charge in [0.2, 0.25) is 0 Å². The molecule has 0 saturated carbocycles. The summed E-state index contributed by atoms with van der Waals surface area (Å²) in [6, 6.07) is 0.546. The maximum absolute atomic E-state index is 5.42. The van der Waals surface area contributed by atoms with Crippen LogP contribution in [-0.4, -0.2) is 68.4 Å². The predicted octanol–water partition coefficient (Wildman–Crippen LogP) is 0.516. The SMILES string of the molecule is CC=C(CN1CCNC1)C(C)N1CCOCC1. The van der Waals surface area contributed by atoms with Crippen molar-refractivity contribution in [2.75, 3.05) is 52.6 Å². The van der Waals surface area contributed by atoms with E-state index in [1.807, 2.05) is 0 Å². The molecule has 98 valence electrons. The average molecular weight is 239 g/mol. The summed E-state index contributed by atoms with van der Waals surface area (Å²) in [6.07, 6.45) is 2.29. The quantitative estimate of drug-likeness (QED) is 0.724. The maximum atomic E-state index is 5.42. The molecule has 2 aliphatic rings. The Morgan fingerprint density at radius 2 is 2.12 bits per heavy atom. The molecule has 2 rings (SSSR count). The highest BCUT2D eigenvalue weighted by Gasteiger charge is 2.22. The van der Waals surface area contributed by atoms with Crippen LogP contribution in [-0.2, 0) is 4.74 Å². The normalized spacial score (nSPS) is 26.4. The van der Waals surface area contributed by atoms with Crippen molar-refractivity contribution in [3.63, 3.8) is 0 Å². The van der Waals surface area contributed by atoms with Gasteiger partial charge in [-0.25, -0.2) is 0 Å². The van der Waals surface area contributed by atoms with Gasteiger partial charge in [0.1, 0.15) is 0 Å². The molecule has 0 aromatic rings. The third-order valence-electron chi connectivity index (χ3n) is 3.85. The summed E-state index contributed by atoms with van der Waals surface area (Å²) in [5.41, 5.74) is 1.54. The lowest BCUT2D eigenvalue weighted by Gasteiger charge is -2.34. The minimum Gasteiger partial charge on any atom is -0.379 e. The molecule has 1 unspecified atom stereocenters. The van der Waals surface area contributed by atoms with E-state index in [0.717, 1.165) is 46.1 Å². The molecular weight excluding hydrogens is 214 g/mol. The van der Waals surface area contributed by atoms with E-state index in [4.69, 9.17) is 4.74 Å². The van der Waals surface area contributed by atoms with Crippen LogP contribution < -0.4 is 5.32 Å².